The molecule has 0 spiro atoms. The molecule has 15 heavy (non-hydrogen) atoms. The number of allylic oxidation sites excluding steroid dienone is 6. The Balaban J connectivity index is 2.35. The molecule has 0 aromatic rings. The number of hydrogen-bond donors (Lipinski definition) is 0. The molecule has 2 aliphatic carbocycles. The molecule has 0 aromatic heterocycles. The standard InChI is InChI=1S/C14H19I/c1-4-5-11-8-10-6-7-12(15)9-13(10)14(11,2)3/h5-7,9-10,13H,4,8H2,1-3H3/b11-5+. The lowest BCUT2D eigenvalue weighted by Crippen LogP contribution is -2.22. The van der Waals surface area contributed by atoms with Crippen LogP contribution in [0.25, 0.3) is 0 Å². The van der Waals surface area contributed by atoms with E-state index in [1.54, 1.807) is 5.57 Å². The molecule has 2 unspecified atom stereocenters. The third kappa shape index (κ3) is 1.95. The van der Waals surface area contributed by atoms with Crippen LogP contribution < -0.4 is 0 Å². The van der Waals surface area contributed by atoms with Gasteiger partial charge in [-0.2, -0.15) is 0 Å². The molecule has 0 aromatic carbocycles. The van der Waals surface area contributed by atoms with Gasteiger partial charge in [-0.1, -0.05) is 50.6 Å². The minimum Gasteiger partial charge on any atom is -0.0850 e. The van der Waals surface area contributed by atoms with Gasteiger partial charge in [0.1, 0.15) is 0 Å². The summed E-state index contributed by atoms with van der Waals surface area (Å²) in [6.07, 6.45) is 12.0. The summed E-state index contributed by atoms with van der Waals surface area (Å²) >= 11 is 2.43. The second-order valence-corrected chi connectivity index (χ2v) is 6.41. The third-order valence-corrected chi connectivity index (χ3v) is 4.59. The molecular formula is C14H19I. The zero-order valence-electron chi connectivity index (χ0n) is 9.76. The number of halogens is 1. The highest BCUT2D eigenvalue weighted by atomic mass is 127. The predicted octanol–water partition coefficient (Wildman–Crippen LogP) is 4.87. The van der Waals surface area contributed by atoms with Crippen LogP contribution >= 0.6 is 22.6 Å². The number of rotatable bonds is 1. The van der Waals surface area contributed by atoms with E-state index in [1.807, 2.05) is 0 Å². The first-order valence-electron chi connectivity index (χ1n) is 5.80. The molecular weight excluding hydrogens is 295 g/mol. The number of hydrogen-bond acceptors (Lipinski definition) is 0. The van der Waals surface area contributed by atoms with Crippen molar-refractivity contribution in [2.45, 2.75) is 33.6 Å². The Morgan fingerprint density at radius 2 is 2.27 bits per heavy atom. The Bertz CT molecular complexity index is 344. The van der Waals surface area contributed by atoms with Crippen LogP contribution in [0.5, 0.6) is 0 Å². The second-order valence-electron chi connectivity index (χ2n) is 5.16. The fourth-order valence-electron chi connectivity index (χ4n) is 2.95. The van der Waals surface area contributed by atoms with Gasteiger partial charge >= 0.3 is 0 Å². The van der Waals surface area contributed by atoms with E-state index >= 15 is 0 Å². The average Bonchev–Trinajstić information content (AvgIpc) is 2.41. The van der Waals surface area contributed by atoms with Crippen molar-refractivity contribution in [2.75, 3.05) is 0 Å². The Labute approximate surface area is 107 Å². The van der Waals surface area contributed by atoms with E-state index in [4.69, 9.17) is 0 Å². The maximum Gasteiger partial charge on any atom is 0.00902 e. The van der Waals surface area contributed by atoms with Gasteiger partial charge in [0.05, 0.1) is 0 Å². The van der Waals surface area contributed by atoms with Crippen molar-refractivity contribution in [1.82, 2.24) is 0 Å². The highest BCUT2D eigenvalue weighted by Crippen LogP contribution is 2.53. The average molecular weight is 314 g/mol. The van der Waals surface area contributed by atoms with E-state index in [9.17, 15) is 0 Å². The quantitative estimate of drug-likeness (QED) is 0.478. The molecule has 2 atom stereocenters. The van der Waals surface area contributed by atoms with Crippen LogP contribution in [0.1, 0.15) is 33.6 Å². The summed E-state index contributed by atoms with van der Waals surface area (Å²) in [7, 11) is 0. The zero-order valence-corrected chi connectivity index (χ0v) is 11.9. The van der Waals surface area contributed by atoms with Crippen molar-refractivity contribution in [2.24, 2.45) is 17.3 Å². The summed E-state index contributed by atoms with van der Waals surface area (Å²) in [4.78, 5) is 0. The normalized spacial score (nSPS) is 35.5. The van der Waals surface area contributed by atoms with Crippen LogP contribution in [0.15, 0.2) is 33.5 Å². The summed E-state index contributed by atoms with van der Waals surface area (Å²) in [5, 5.41) is 0. The SMILES string of the molecule is CC/C=C1\CC2C=CC(I)=CC2C1(C)C. The topological polar surface area (TPSA) is 0 Å². The lowest BCUT2D eigenvalue weighted by molar-refractivity contribution is 0.329. The van der Waals surface area contributed by atoms with Crippen molar-refractivity contribution in [3.63, 3.8) is 0 Å². The summed E-state index contributed by atoms with van der Waals surface area (Å²) in [5.41, 5.74) is 2.02. The first-order valence-corrected chi connectivity index (χ1v) is 6.88. The van der Waals surface area contributed by atoms with Crippen LogP contribution in [-0.4, -0.2) is 0 Å². The molecule has 0 N–H and O–H groups in total. The maximum absolute atomic E-state index is 2.46. The Morgan fingerprint density at radius 3 is 2.93 bits per heavy atom. The van der Waals surface area contributed by atoms with Gasteiger partial charge in [-0.15, -0.1) is 0 Å². The highest BCUT2D eigenvalue weighted by molar-refractivity contribution is 14.1. The van der Waals surface area contributed by atoms with E-state index < -0.39 is 0 Å². The second kappa shape index (κ2) is 4.08. The third-order valence-electron chi connectivity index (χ3n) is 3.87. The van der Waals surface area contributed by atoms with Crippen LogP contribution in [0.3, 0.4) is 0 Å². The van der Waals surface area contributed by atoms with Gasteiger partial charge in [-0.05, 0) is 52.7 Å². The van der Waals surface area contributed by atoms with Gasteiger partial charge < -0.3 is 0 Å². The molecule has 82 valence electrons. The lowest BCUT2D eigenvalue weighted by atomic mass is 9.75. The van der Waals surface area contributed by atoms with E-state index in [0.717, 1.165) is 5.92 Å². The molecule has 1 fully saturated rings. The van der Waals surface area contributed by atoms with Gasteiger partial charge in [0.25, 0.3) is 0 Å². The van der Waals surface area contributed by atoms with E-state index in [2.05, 4.69) is 67.7 Å². The van der Waals surface area contributed by atoms with Crippen LogP contribution in [0.2, 0.25) is 0 Å². The van der Waals surface area contributed by atoms with Gasteiger partial charge in [-0.25, -0.2) is 0 Å². The smallest absolute Gasteiger partial charge is 0.00902 e. The van der Waals surface area contributed by atoms with Gasteiger partial charge in [0, 0.05) is 3.58 Å². The Kier molecular flexibility index (Phi) is 3.11. The first-order chi connectivity index (χ1) is 7.05. The van der Waals surface area contributed by atoms with Crippen LogP contribution in [-0.2, 0) is 0 Å². The van der Waals surface area contributed by atoms with Crippen molar-refractivity contribution in [3.05, 3.63) is 33.5 Å². The largest absolute Gasteiger partial charge is 0.0850 e. The minimum absolute atomic E-state index is 0.363. The van der Waals surface area contributed by atoms with Gasteiger partial charge in [-0.3, -0.25) is 0 Å². The molecule has 0 aliphatic heterocycles. The van der Waals surface area contributed by atoms with Crippen LogP contribution in [0, 0.1) is 17.3 Å². The zero-order chi connectivity index (χ0) is 11.1. The van der Waals surface area contributed by atoms with Crippen molar-refractivity contribution in [3.8, 4) is 0 Å². The van der Waals surface area contributed by atoms with E-state index in [0.29, 0.717) is 11.3 Å². The maximum atomic E-state index is 2.46. The molecule has 1 saturated carbocycles. The molecule has 1 heteroatoms. The van der Waals surface area contributed by atoms with Crippen molar-refractivity contribution in [1.29, 1.82) is 0 Å². The summed E-state index contributed by atoms with van der Waals surface area (Å²) in [6.45, 7) is 7.04. The molecule has 0 amide bonds. The summed E-state index contributed by atoms with van der Waals surface area (Å²) in [5.74, 6) is 1.46. The van der Waals surface area contributed by atoms with Crippen LogP contribution in [0.4, 0.5) is 0 Å². The summed E-state index contributed by atoms with van der Waals surface area (Å²) in [6, 6.07) is 0. The molecule has 0 nitrogen and oxygen atoms in total. The van der Waals surface area contributed by atoms with Crippen molar-refractivity contribution < 1.29 is 0 Å². The lowest BCUT2D eigenvalue weighted by Gasteiger charge is -2.30. The molecule has 0 radical (unpaired) electrons. The summed E-state index contributed by atoms with van der Waals surface area (Å²) < 4.78 is 1.40. The number of fused-ring (bicyclic) bond motifs is 1. The Hall–Kier alpha value is -0.0500. The van der Waals surface area contributed by atoms with E-state index in [-0.39, 0.29) is 0 Å². The fraction of sp³-hybridized carbons (Fsp3) is 0.571. The Morgan fingerprint density at radius 1 is 1.53 bits per heavy atom. The van der Waals surface area contributed by atoms with Gasteiger partial charge in [0.2, 0.25) is 0 Å². The molecule has 2 aliphatic rings. The molecule has 2 rings (SSSR count). The minimum atomic E-state index is 0.363. The monoisotopic (exact) mass is 314 g/mol. The van der Waals surface area contributed by atoms with Crippen molar-refractivity contribution >= 4 is 22.6 Å². The first kappa shape index (κ1) is 11.4. The van der Waals surface area contributed by atoms with Gasteiger partial charge in [0.15, 0.2) is 0 Å². The molecule has 0 saturated heterocycles. The molecule has 0 heterocycles. The molecule has 0 bridgehead atoms. The van der Waals surface area contributed by atoms with E-state index in [1.165, 1.54) is 16.4 Å². The predicted molar refractivity (Wildman–Crippen MR) is 75.0 cm³/mol. The fourth-order valence-corrected chi connectivity index (χ4v) is 3.54. The highest BCUT2D eigenvalue weighted by Gasteiger charge is 2.43.